The van der Waals surface area contributed by atoms with Crippen LogP contribution in [0.5, 0.6) is 0 Å². The highest BCUT2D eigenvalue weighted by Gasteiger charge is 2.12. The largest absolute Gasteiger partial charge is 0.395 e. The fourth-order valence-electron chi connectivity index (χ4n) is 2.10. The van der Waals surface area contributed by atoms with E-state index in [9.17, 15) is 9.18 Å². The topological polar surface area (TPSA) is 92.1 Å². The van der Waals surface area contributed by atoms with Crippen LogP contribution in [0.15, 0.2) is 30.7 Å². The average Bonchev–Trinajstić information content (AvgIpc) is 2.98. The Bertz CT molecular complexity index is 629. The van der Waals surface area contributed by atoms with Crippen molar-refractivity contribution in [2.75, 3.05) is 18.5 Å². The van der Waals surface area contributed by atoms with E-state index < -0.39 is 0 Å². The van der Waals surface area contributed by atoms with Crippen molar-refractivity contribution in [3.05, 3.63) is 42.2 Å². The van der Waals surface area contributed by atoms with E-state index in [4.69, 9.17) is 5.11 Å². The van der Waals surface area contributed by atoms with Crippen LogP contribution in [0.4, 0.5) is 10.1 Å². The lowest BCUT2D eigenvalue weighted by Gasteiger charge is -2.16. The van der Waals surface area contributed by atoms with Gasteiger partial charge < -0.3 is 15.7 Å². The summed E-state index contributed by atoms with van der Waals surface area (Å²) in [7, 11) is 0. The molecule has 3 N–H and O–H groups in total. The van der Waals surface area contributed by atoms with Crippen LogP contribution in [-0.2, 0) is 11.3 Å². The number of nitrogens with zero attached hydrogens (tertiary/aromatic N) is 3. The Balaban J connectivity index is 1.96. The smallest absolute Gasteiger partial charge is 0.241 e. The summed E-state index contributed by atoms with van der Waals surface area (Å²) in [5, 5.41) is 18.6. The minimum atomic E-state index is -0.370. The van der Waals surface area contributed by atoms with Crippen molar-refractivity contribution in [2.45, 2.75) is 25.9 Å². The fraction of sp³-hybridized carbons (Fsp3) is 0.400. The van der Waals surface area contributed by atoms with Crippen LogP contribution in [0.3, 0.4) is 0 Å². The van der Waals surface area contributed by atoms with Crippen molar-refractivity contribution in [3.63, 3.8) is 0 Å². The van der Waals surface area contributed by atoms with Gasteiger partial charge in [0, 0.05) is 12.7 Å². The predicted molar refractivity (Wildman–Crippen MR) is 83.2 cm³/mol. The molecule has 0 spiro atoms. The number of rotatable bonds is 8. The SMILES string of the molecule is CCC(Nc1cnn(CC(=O)NCCO)c1)c1ccc(F)cn1. The van der Waals surface area contributed by atoms with Crippen molar-refractivity contribution in [3.8, 4) is 0 Å². The molecule has 0 saturated heterocycles. The molecule has 0 radical (unpaired) electrons. The number of hydrogen-bond acceptors (Lipinski definition) is 5. The maximum Gasteiger partial charge on any atom is 0.241 e. The number of pyridine rings is 1. The molecule has 2 aromatic heterocycles. The molecule has 0 fully saturated rings. The van der Waals surface area contributed by atoms with E-state index in [1.165, 1.54) is 16.9 Å². The van der Waals surface area contributed by atoms with E-state index >= 15 is 0 Å². The summed E-state index contributed by atoms with van der Waals surface area (Å²) >= 11 is 0. The molecule has 0 aliphatic carbocycles. The second-order valence-electron chi connectivity index (χ2n) is 5.01. The lowest BCUT2D eigenvalue weighted by atomic mass is 10.1. The van der Waals surface area contributed by atoms with E-state index in [1.54, 1.807) is 18.5 Å². The molecule has 1 unspecified atom stereocenters. The molecular weight excluding hydrogens is 301 g/mol. The standard InChI is InChI=1S/C15H20FN5O2/c1-2-13(14-4-3-11(16)7-18-14)20-12-8-19-21(9-12)10-15(23)17-5-6-22/h3-4,7-9,13,20,22H,2,5-6,10H2,1H3,(H,17,23). The number of aliphatic hydroxyl groups is 1. The Hall–Kier alpha value is -2.48. The number of aliphatic hydroxyl groups excluding tert-OH is 1. The molecule has 2 heterocycles. The first-order valence-electron chi connectivity index (χ1n) is 7.40. The first kappa shape index (κ1) is 16.9. The highest BCUT2D eigenvalue weighted by Crippen LogP contribution is 2.20. The zero-order chi connectivity index (χ0) is 16.7. The third-order valence-corrected chi connectivity index (χ3v) is 3.23. The summed E-state index contributed by atoms with van der Waals surface area (Å²) in [6.45, 7) is 2.20. The molecule has 23 heavy (non-hydrogen) atoms. The third kappa shape index (κ3) is 5.03. The molecule has 2 aromatic rings. The molecule has 124 valence electrons. The van der Waals surface area contributed by atoms with Crippen LogP contribution in [0.2, 0.25) is 0 Å². The Morgan fingerprint density at radius 3 is 2.91 bits per heavy atom. The lowest BCUT2D eigenvalue weighted by Crippen LogP contribution is -2.30. The molecule has 8 heteroatoms. The molecule has 1 atom stereocenters. The van der Waals surface area contributed by atoms with Gasteiger partial charge in [0.05, 0.1) is 36.4 Å². The molecule has 0 saturated carbocycles. The number of amides is 1. The Morgan fingerprint density at radius 2 is 2.26 bits per heavy atom. The van der Waals surface area contributed by atoms with Crippen LogP contribution in [0.1, 0.15) is 25.1 Å². The average molecular weight is 321 g/mol. The summed E-state index contributed by atoms with van der Waals surface area (Å²) < 4.78 is 14.4. The zero-order valence-corrected chi connectivity index (χ0v) is 12.9. The second kappa shape index (κ2) is 8.23. The van der Waals surface area contributed by atoms with E-state index in [0.717, 1.165) is 17.8 Å². The number of aromatic nitrogens is 3. The molecular formula is C15H20FN5O2. The fourth-order valence-corrected chi connectivity index (χ4v) is 2.10. The minimum absolute atomic E-state index is 0.0727. The number of carbonyl (C=O) groups excluding carboxylic acids is 1. The molecule has 0 aliphatic heterocycles. The summed E-state index contributed by atoms with van der Waals surface area (Å²) in [4.78, 5) is 15.6. The van der Waals surface area contributed by atoms with E-state index in [-0.39, 0.29) is 37.5 Å². The van der Waals surface area contributed by atoms with Gasteiger partial charge in [-0.25, -0.2) is 4.39 Å². The lowest BCUT2D eigenvalue weighted by molar-refractivity contribution is -0.122. The molecule has 0 aromatic carbocycles. The number of halogens is 1. The number of nitrogens with one attached hydrogen (secondary N) is 2. The Morgan fingerprint density at radius 1 is 1.43 bits per heavy atom. The molecule has 0 aliphatic rings. The van der Waals surface area contributed by atoms with Crippen molar-refractivity contribution in [1.82, 2.24) is 20.1 Å². The highest BCUT2D eigenvalue weighted by molar-refractivity contribution is 5.75. The first-order chi connectivity index (χ1) is 11.1. The van der Waals surface area contributed by atoms with Crippen LogP contribution in [0.25, 0.3) is 0 Å². The predicted octanol–water partition coefficient (Wildman–Crippen LogP) is 1.09. The van der Waals surface area contributed by atoms with E-state index in [0.29, 0.717) is 0 Å². The number of anilines is 1. The summed E-state index contributed by atoms with van der Waals surface area (Å²) in [6, 6.07) is 2.95. The van der Waals surface area contributed by atoms with Crippen molar-refractivity contribution < 1.29 is 14.3 Å². The summed E-state index contributed by atoms with van der Waals surface area (Å²) in [5.41, 5.74) is 1.49. The van der Waals surface area contributed by atoms with Gasteiger partial charge in [0.15, 0.2) is 0 Å². The Labute approximate surface area is 133 Å². The number of carbonyl (C=O) groups is 1. The van der Waals surface area contributed by atoms with Gasteiger partial charge in [0.1, 0.15) is 12.4 Å². The van der Waals surface area contributed by atoms with Gasteiger partial charge in [-0.3, -0.25) is 14.5 Å². The normalized spacial score (nSPS) is 12.0. The van der Waals surface area contributed by atoms with Crippen LogP contribution >= 0.6 is 0 Å². The molecule has 2 rings (SSSR count). The van der Waals surface area contributed by atoms with Crippen molar-refractivity contribution in [2.24, 2.45) is 0 Å². The highest BCUT2D eigenvalue weighted by atomic mass is 19.1. The second-order valence-corrected chi connectivity index (χ2v) is 5.01. The van der Waals surface area contributed by atoms with Gasteiger partial charge in [0.2, 0.25) is 5.91 Å². The maximum atomic E-state index is 12.9. The summed E-state index contributed by atoms with van der Waals surface area (Å²) in [5.74, 6) is -0.591. The zero-order valence-electron chi connectivity index (χ0n) is 12.9. The maximum absolute atomic E-state index is 12.9. The van der Waals surface area contributed by atoms with E-state index in [2.05, 4.69) is 20.7 Å². The first-order valence-corrected chi connectivity index (χ1v) is 7.40. The molecule has 0 bridgehead atoms. The van der Waals surface area contributed by atoms with Gasteiger partial charge in [-0.1, -0.05) is 6.92 Å². The van der Waals surface area contributed by atoms with Gasteiger partial charge in [0.25, 0.3) is 0 Å². The van der Waals surface area contributed by atoms with Gasteiger partial charge in [-0.2, -0.15) is 5.10 Å². The van der Waals surface area contributed by atoms with Crippen molar-refractivity contribution in [1.29, 1.82) is 0 Å². The van der Waals surface area contributed by atoms with Crippen LogP contribution in [-0.4, -0.2) is 38.9 Å². The van der Waals surface area contributed by atoms with Crippen LogP contribution < -0.4 is 10.6 Å². The molecule has 1 amide bonds. The van der Waals surface area contributed by atoms with Gasteiger partial charge in [-0.15, -0.1) is 0 Å². The quantitative estimate of drug-likeness (QED) is 0.677. The van der Waals surface area contributed by atoms with Crippen LogP contribution in [0, 0.1) is 5.82 Å². The monoisotopic (exact) mass is 321 g/mol. The molecule has 7 nitrogen and oxygen atoms in total. The van der Waals surface area contributed by atoms with Gasteiger partial charge in [-0.05, 0) is 18.6 Å². The number of hydrogen-bond donors (Lipinski definition) is 3. The Kier molecular flexibility index (Phi) is 6.04. The third-order valence-electron chi connectivity index (χ3n) is 3.23. The van der Waals surface area contributed by atoms with Gasteiger partial charge >= 0.3 is 0 Å². The summed E-state index contributed by atoms with van der Waals surface area (Å²) in [6.07, 6.45) is 5.28. The van der Waals surface area contributed by atoms with Crippen molar-refractivity contribution >= 4 is 11.6 Å². The minimum Gasteiger partial charge on any atom is -0.395 e. The van der Waals surface area contributed by atoms with E-state index in [1.807, 2.05) is 6.92 Å².